The van der Waals surface area contributed by atoms with Gasteiger partial charge in [-0.05, 0) is 33.4 Å². The lowest BCUT2D eigenvalue weighted by Gasteiger charge is -2.23. The van der Waals surface area contributed by atoms with E-state index in [1.54, 1.807) is 0 Å². The minimum absolute atomic E-state index is 0.130. The Morgan fingerprint density at radius 2 is 1.53 bits per heavy atom. The highest BCUT2D eigenvalue weighted by Gasteiger charge is 2.44. The summed E-state index contributed by atoms with van der Waals surface area (Å²) in [5.74, 6) is 1.44. The van der Waals surface area contributed by atoms with Gasteiger partial charge in [0.05, 0.1) is 36.1 Å². The van der Waals surface area contributed by atoms with Crippen LogP contribution >= 0.6 is 0 Å². The molecule has 0 atom stereocenters. The van der Waals surface area contributed by atoms with Gasteiger partial charge in [-0.25, -0.2) is 0 Å². The minimum atomic E-state index is -6.00. The van der Waals surface area contributed by atoms with Gasteiger partial charge >= 0.3 is 14.5 Å². The van der Waals surface area contributed by atoms with Crippen LogP contribution in [0.1, 0.15) is 45.7 Å². The van der Waals surface area contributed by atoms with Gasteiger partial charge in [-0.3, -0.25) is 4.90 Å². The highest BCUT2D eigenvalue weighted by molar-refractivity contribution is 6.50. The molecule has 0 unspecified atom stereocenters. The van der Waals surface area contributed by atoms with Crippen molar-refractivity contribution in [3.63, 3.8) is 0 Å². The maximum absolute atomic E-state index is 9.75. The second-order valence-corrected chi connectivity index (χ2v) is 7.93. The Bertz CT molecular complexity index is 808. The first-order chi connectivity index (χ1) is 14.5. The van der Waals surface area contributed by atoms with Crippen LogP contribution in [-0.2, 0) is 5.41 Å². The molecular weight excluding hydrogens is 442 g/mol. The van der Waals surface area contributed by atoms with Crippen molar-refractivity contribution in [1.29, 1.82) is 0 Å². The summed E-state index contributed by atoms with van der Waals surface area (Å²) >= 11 is 0. The fourth-order valence-corrected chi connectivity index (χ4v) is 3.72. The number of halogens is 8. The molecule has 2 nitrogen and oxygen atoms in total. The summed E-state index contributed by atoms with van der Waals surface area (Å²) in [6.07, 6.45) is 4.60. The molecular formula is C20H28B2F8N2. The minimum Gasteiger partial charge on any atom is -0.418 e. The van der Waals surface area contributed by atoms with Crippen LogP contribution in [0.4, 0.5) is 40.2 Å². The fourth-order valence-electron chi connectivity index (χ4n) is 3.72. The van der Waals surface area contributed by atoms with Crippen LogP contribution in [0.25, 0.3) is 0 Å². The molecule has 0 fully saturated rings. The van der Waals surface area contributed by atoms with E-state index in [1.165, 1.54) is 28.4 Å². The zero-order valence-electron chi connectivity index (χ0n) is 18.8. The number of benzene rings is 1. The Morgan fingerprint density at radius 3 is 2.00 bits per heavy atom. The maximum atomic E-state index is 9.75. The molecule has 2 aliphatic heterocycles. The van der Waals surface area contributed by atoms with Crippen LogP contribution < -0.4 is 0 Å². The molecule has 0 saturated heterocycles. The number of hydrogen-bond acceptors (Lipinski definition) is 1. The van der Waals surface area contributed by atoms with Gasteiger partial charge in [-0.2, -0.15) is 4.58 Å². The second kappa shape index (κ2) is 10.8. The first kappa shape index (κ1) is 28.1. The van der Waals surface area contributed by atoms with Crippen LogP contribution in [0, 0.1) is 5.92 Å². The second-order valence-electron chi connectivity index (χ2n) is 7.93. The predicted molar refractivity (Wildman–Crippen MR) is 115 cm³/mol. The standard InChI is InChI=1S/C20H28N2.2BF4/c1-6-21-12-8-9-17(14-21)16-10-11-19-18(13-16)20(4,5)15(3)22(19)7-2;2*2-1(3,4)5/h8-11,13H,6-7,12,14H2,1-5H3;;/q+2;2*-1. The average molecular weight is 470 g/mol. The smallest absolute Gasteiger partial charge is 0.418 e. The van der Waals surface area contributed by atoms with E-state index in [9.17, 15) is 34.5 Å². The van der Waals surface area contributed by atoms with Gasteiger partial charge in [0.15, 0.2) is 5.71 Å². The highest BCUT2D eigenvalue weighted by Crippen LogP contribution is 2.41. The molecule has 0 amide bonds. The predicted octanol–water partition coefficient (Wildman–Crippen LogP) is 6.52. The van der Waals surface area contributed by atoms with E-state index in [2.05, 4.69) is 74.4 Å². The number of fused-ring (bicyclic) bond motifs is 1. The molecule has 0 aromatic heterocycles. The normalized spacial score (nSPS) is 18.0. The van der Waals surface area contributed by atoms with E-state index >= 15 is 0 Å². The Morgan fingerprint density at radius 1 is 1.00 bits per heavy atom. The van der Waals surface area contributed by atoms with Crippen molar-refractivity contribution >= 4 is 25.9 Å². The lowest BCUT2D eigenvalue weighted by atomic mass is 9.80. The van der Waals surface area contributed by atoms with Gasteiger partial charge in [-0.15, -0.1) is 0 Å². The number of likely N-dealkylation sites (N-methyl/N-ethyl adjacent to an activating group) is 1. The number of hydrogen-bond donors (Lipinski definition) is 0. The molecule has 0 N–H and O–H groups in total. The molecule has 2 aliphatic rings. The highest BCUT2D eigenvalue weighted by atomic mass is 19.5. The van der Waals surface area contributed by atoms with Crippen molar-refractivity contribution < 1.29 is 39.1 Å². The van der Waals surface area contributed by atoms with Gasteiger partial charge in [0.2, 0.25) is 5.69 Å². The lowest BCUT2D eigenvalue weighted by Crippen LogP contribution is -2.31. The van der Waals surface area contributed by atoms with Crippen LogP contribution in [0.3, 0.4) is 0 Å². The molecule has 0 aliphatic carbocycles. The van der Waals surface area contributed by atoms with Crippen molar-refractivity contribution in [3.05, 3.63) is 47.4 Å². The number of nitrogens with zero attached hydrogens (tertiary/aromatic N) is 2. The van der Waals surface area contributed by atoms with Crippen LogP contribution in [0.2, 0.25) is 0 Å². The van der Waals surface area contributed by atoms with Gasteiger partial charge in [0, 0.05) is 25.1 Å². The van der Waals surface area contributed by atoms with Gasteiger partial charge in [0.25, 0.3) is 0 Å². The SMILES string of the molecule is CCN1CC=C[C+](c2ccc3c(c2)C(C)(C)C(C)=[N+]3CC)C1.F[B-](F)(F)F.F[B-](F)(F)F. The zero-order valence-corrected chi connectivity index (χ0v) is 18.8. The molecule has 0 spiro atoms. The lowest BCUT2D eigenvalue weighted by molar-refractivity contribution is -0.434. The summed E-state index contributed by atoms with van der Waals surface area (Å²) in [4.78, 5) is 2.48. The molecule has 3 rings (SSSR count). The molecule has 32 heavy (non-hydrogen) atoms. The Balaban J connectivity index is 0.000000431. The van der Waals surface area contributed by atoms with E-state index < -0.39 is 14.5 Å². The molecule has 1 aromatic carbocycles. The molecule has 0 saturated carbocycles. The monoisotopic (exact) mass is 470 g/mol. The van der Waals surface area contributed by atoms with Gasteiger partial charge < -0.3 is 34.5 Å². The van der Waals surface area contributed by atoms with E-state index in [1.807, 2.05) is 0 Å². The van der Waals surface area contributed by atoms with Crippen molar-refractivity contribution in [2.45, 2.75) is 40.0 Å². The zero-order chi connectivity index (χ0) is 24.9. The van der Waals surface area contributed by atoms with E-state index in [0.29, 0.717) is 0 Å². The fraction of sp³-hybridized carbons (Fsp3) is 0.500. The molecule has 0 radical (unpaired) electrons. The van der Waals surface area contributed by atoms with Gasteiger partial charge in [-0.1, -0.05) is 6.92 Å². The van der Waals surface area contributed by atoms with Crippen LogP contribution in [0.15, 0.2) is 30.4 Å². The van der Waals surface area contributed by atoms with Crippen molar-refractivity contribution in [2.75, 3.05) is 26.2 Å². The Labute approximate surface area is 184 Å². The summed E-state index contributed by atoms with van der Waals surface area (Å²) in [5, 5.41) is 0. The average Bonchev–Trinajstić information content (AvgIpc) is 2.84. The van der Waals surface area contributed by atoms with Crippen molar-refractivity contribution in [3.8, 4) is 0 Å². The largest absolute Gasteiger partial charge is 0.673 e. The Kier molecular flexibility index (Phi) is 9.44. The maximum Gasteiger partial charge on any atom is 0.673 e. The van der Waals surface area contributed by atoms with E-state index in [-0.39, 0.29) is 5.41 Å². The number of rotatable bonds is 3. The van der Waals surface area contributed by atoms with Crippen LogP contribution in [-0.4, -0.2) is 55.9 Å². The molecule has 1 aromatic rings. The van der Waals surface area contributed by atoms with Gasteiger partial charge in [0.1, 0.15) is 12.1 Å². The van der Waals surface area contributed by atoms with E-state index in [0.717, 1.165) is 26.2 Å². The molecule has 180 valence electrons. The summed E-state index contributed by atoms with van der Waals surface area (Å²) in [6.45, 7) is 15.7. The van der Waals surface area contributed by atoms with E-state index in [4.69, 9.17) is 0 Å². The first-order valence-corrected chi connectivity index (χ1v) is 10.2. The summed E-state index contributed by atoms with van der Waals surface area (Å²) in [6, 6.07) is 7.04. The third kappa shape index (κ3) is 8.52. The molecule has 12 heteroatoms. The van der Waals surface area contributed by atoms with Crippen LogP contribution in [0.5, 0.6) is 0 Å². The first-order valence-electron chi connectivity index (χ1n) is 10.2. The summed E-state index contributed by atoms with van der Waals surface area (Å²) < 4.78 is 80.5. The molecule has 2 heterocycles. The van der Waals surface area contributed by atoms with Crippen molar-refractivity contribution in [1.82, 2.24) is 4.90 Å². The Hall–Kier alpha value is -1.97. The van der Waals surface area contributed by atoms with Crippen molar-refractivity contribution in [2.24, 2.45) is 0 Å². The summed E-state index contributed by atoms with van der Waals surface area (Å²) in [7, 11) is -12.0. The topological polar surface area (TPSA) is 6.25 Å². The third-order valence-corrected chi connectivity index (χ3v) is 5.48. The summed E-state index contributed by atoms with van der Waals surface area (Å²) in [5.41, 5.74) is 5.83. The molecule has 0 bridgehead atoms. The quantitative estimate of drug-likeness (QED) is 0.211. The third-order valence-electron chi connectivity index (χ3n) is 5.48.